The van der Waals surface area contributed by atoms with Gasteiger partial charge in [-0.1, -0.05) is 12.1 Å². The number of hydrogen-bond acceptors (Lipinski definition) is 3. The van der Waals surface area contributed by atoms with Crippen molar-refractivity contribution in [1.29, 1.82) is 0 Å². The topological polar surface area (TPSA) is 72.2 Å². The van der Waals surface area contributed by atoms with E-state index in [1.165, 1.54) is 17.5 Å². The molecule has 1 aliphatic carbocycles. The van der Waals surface area contributed by atoms with Crippen molar-refractivity contribution < 1.29 is 18.4 Å². The van der Waals surface area contributed by atoms with Crippen LogP contribution in [-0.4, -0.2) is 30.7 Å². The zero-order valence-corrected chi connectivity index (χ0v) is 13.0. The molecule has 0 fully saturated rings. The number of benzene rings is 1. The number of Topliss-reactive ketones (excluding diaryl/α,β-unsaturated/α-hetero) is 1. The maximum Gasteiger partial charge on any atom is 0.277 e. The largest absolute Gasteiger partial charge is 0.350 e. The first-order valence-electron chi connectivity index (χ1n) is 7.91. The molecule has 0 radical (unpaired) electrons. The normalized spacial score (nSPS) is 14.2. The van der Waals surface area contributed by atoms with Crippen molar-refractivity contribution >= 4 is 11.7 Å². The first-order valence-corrected chi connectivity index (χ1v) is 7.91. The van der Waals surface area contributed by atoms with Gasteiger partial charge in [0, 0.05) is 18.4 Å². The highest BCUT2D eigenvalue weighted by molar-refractivity contribution is 5.98. The van der Waals surface area contributed by atoms with Gasteiger partial charge in [0.25, 0.3) is 5.92 Å². The van der Waals surface area contributed by atoms with Gasteiger partial charge >= 0.3 is 0 Å². The Hall–Kier alpha value is -1.82. The molecule has 3 N–H and O–H groups in total. The van der Waals surface area contributed by atoms with Crippen LogP contribution in [0, 0.1) is 0 Å². The number of fused-ring (bicyclic) bond motifs is 1. The van der Waals surface area contributed by atoms with Gasteiger partial charge < -0.3 is 11.1 Å². The third-order valence-electron chi connectivity index (χ3n) is 4.09. The van der Waals surface area contributed by atoms with E-state index in [1.807, 2.05) is 12.1 Å². The molecule has 0 unspecified atom stereocenters. The number of aryl methyl sites for hydroxylation is 2. The van der Waals surface area contributed by atoms with Crippen molar-refractivity contribution in [3.63, 3.8) is 0 Å². The number of carbonyl (C=O) groups is 2. The average Bonchev–Trinajstić information content (AvgIpc) is 2.57. The zero-order chi connectivity index (χ0) is 16.9. The summed E-state index contributed by atoms with van der Waals surface area (Å²) in [6.07, 6.45) is 4.23. The molecule has 2 rings (SSSR count). The van der Waals surface area contributed by atoms with Crippen LogP contribution in [-0.2, 0) is 17.6 Å². The maximum atomic E-state index is 12.9. The van der Waals surface area contributed by atoms with Crippen LogP contribution in [0.4, 0.5) is 8.78 Å². The molecule has 0 bridgehead atoms. The minimum Gasteiger partial charge on any atom is -0.350 e. The average molecular weight is 324 g/mol. The SMILES string of the molecule is NCC(F)(F)CNC(=O)CCC(=O)c1ccc2c(c1)CCCC2. The van der Waals surface area contributed by atoms with Crippen LogP contribution < -0.4 is 11.1 Å². The van der Waals surface area contributed by atoms with E-state index < -0.39 is 24.9 Å². The molecule has 0 aromatic heterocycles. The number of hydrogen-bond donors (Lipinski definition) is 2. The number of rotatable bonds is 7. The summed E-state index contributed by atoms with van der Waals surface area (Å²) in [5, 5.41) is 2.11. The predicted molar refractivity (Wildman–Crippen MR) is 83.7 cm³/mol. The summed E-state index contributed by atoms with van der Waals surface area (Å²) >= 11 is 0. The van der Waals surface area contributed by atoms with Crippen LogP contribution in [0.5, 0.6) is 0 Å². The number of ketones is 1. The standard InChI is InChI=1S/C17H22F2N2O2/c18-17(19,10-20)11-21-16(23)8-7-15(22)14-6-5-12-3-1-2-4-13(12)9-14/h5-6,9H,1-4,7-8,10-11,20H2,(H,21,23). The van der Waals surface area contributed by atoms with Crippen LogP contribution in [0.25, 0.3) is 0 Å². The van der Waals surface area contributed by atoms with E-state index in [9.17, 15) is 18.4 Å². The number of nitrogens with two attached hydrogens (primary N) is 1. The van der Waals surface area contributed by atoms with Gasteiger partial charge in [0.05, 0.1) is 13.1 Å². The molecule has 4 nitrogen and oxygen atoms in total. The second kappa shape index (κ2) is 7.64. The Bertz CT molecular complexity index is 588. The third-order valence-corrected chi connectivity index (χ3v) is 4.09. The Balaban J connectivity index is 1.84. The minimum absolute atomic E-state index is 0.0127. The van der Waals surface area contributed by atoms with E-state index in [-0.39, 0.29) is 18.6 Å². The molecule has 0 heterocycles. The van der Waals surface area contributed by atoms with E-state index >= 15 is 0 Å². The smallest absolute Gasteiger partial charge is 0.277 e. The highest BCUT2D eigenvalue weighted by Gasteiger charge is 2.27. The highest BCUT2D eigenvalue weighted by Crippen LogP contribution is 2.23. The fourth-order valence-electron chi connectivity index (χ4n) is 2.67. The summed E-state index contributed by atoms with van der Waals surface area (Å²) in [6.45, 7) is -1.61. The van der Waals surface area contributed by atoms with Gasteiger partial charge in [0.15, 0.2) is 5.78 Å². The Morgan fingerprint density at radius 2 is 1.83 bits per heavy atom. The number of amides is 1. The van der Waals surface area contributed by atoms with Crippen LogP contribution in [0.1, 0.15) is 47.2 Å². The van der Waals surface area contributed by atoms with Crippen LogP contribution in [0.3, 0.4) is 0 Å². The van der Waals surface area contributed by atoms with Crippen LogP contribution >= 0.6 is 0 Å². The Kier molecular flexibility index (Phi) is 5.82. The first-order chi connectivity index (χ1) is 10.9. The summed E-state index contributed by atoms with van der Waals surface area (Å²) in [6, 6.07) is 5.66. The van der Waals surface area contributed by atoms with E-state index in [2.05, 4.69) is 5.32 Å². The predicted octanol–water partition coefficient (Wildman–Crippen LogP) is 2.24. The molecule has 6 heteroatoms. The van der Waals surface area contributed by atoms with Gasteiger partial charge in [-0.25, -0.2) is 8.78 Å². The Morgan fingerprint density at radius 3 is 2.52 bits per heavy atom. The number of alkyl halides is 2. The molecule has 0 aliphatic heterocycles. The summed E-state index contributed by atoms with van der Waals surface area (Å²) in [5.74, 6) is -3.82. The Labute approximate surface area is 134 Å². The zero-order valence-electron chi connectivity index (χ0n) is 13.0. The van der Waals surface area contributed by atoms with Crippen molar-refractivity contribution in [3.8, 4) is 0 Å². The fraction of sp³-hybridized carbons (Fsp3) is 0.529. The van der Waals surface area contributed by atoms with Crippen molar-refractivity contribution in [2.45, 2.75) is 44.4 Å². The summed E-state index contributed by atoms with van der Waals surface area (Å²) in [4.78, 5) is 23.7. The number of halogens is 2. The van der Waals surface area contributed by atoms with E-state index in [4.69, 9.17) is 5.73 Å². The lowest BCUT2D eigenvalue weighted by atomic mass is 9.89. The van der Waals surface area contributed by atoms with Crippen molar-refractivity contribution in [1.82, 2.24) is 5.32 Å². The molecule has 0 spiro atoms. The van der Waals surface area contributed by atoms with Gasteiger partial charge in [-0.15, -0.1) is 0 Å². The lowest BCUT2D eigenvalue weighted by Crippen LogP contribution is -2.41. The maximum absolute atomic E-state index is 12.9. The van der Waals surface area contributed by atoms with Crippen LogP contribution in [0.2, 0.25) is 0 Å². The lowest BCUT2D eigenvalue weighted by Gasteiger charge is -2.16. The summed E-state index contributed by atoms with van der Waals surface area (Å²) in [5.41, 5.74) is 7.97. The summed E-state index contributed by atoms with van der Waals surface area (Å²) < 4.78 is 25.9. The van der Waals surface area contributed by atoms with Gasteiger partial charge in [-0.3, -0.25) is 9.59 Å². The quantitative estimate of drug-likeness (QED) is 0.756. The lowest BCUT2D eigenvalue weighted by molar-refractivity contribution is -0.122. The summed E-state index contributed by atoms with van der Waals surface area (Å²) in [7, 11) is 0. The van der Waals surface area contributed by atoms with Crippen molar-refractivity contribution in [2.24, 2.45) is 5.73 Å². The highest BCUT2D eigenvalue weighted by atomic mass is 19.3. The van der Waals surface area contributed by atoms with Gasteiger partial charge in [0.1, 0.15) is 0 Å². The molecular formula is C17H22F2N2O2. The molecule has 0 atom stereocenters. The molecule has 0 saturated carbocycles. The van der Waals surface area contributed by atoms with Gasteiger partial charge in [-0.2, -0.15) is 0 Å². The molecular weight excluding hydrogens is 302 g/mol. The Morgan fingerprint density at radius 1 is 1.13 bits per heavy atom. The van der Waals surface area contributed by atoms with Gasteiger partial charge in [-0.05, 0) is 42.9 Å². The number of carbonyl (C=O) groups excluding carboxylic acids is 2. The molecule has 1 amide bonds. The number of nitrogens with one attached hydrogen (secondary N) is 1. The third kappa shape index (κ3) is 5.10. The van der Waals surface area contributed by atoms with E-state index in [0.717, 1.165) is 19.3 Å². The second-order valence-electron chi connectivity index (χ2n) is 5.95. The minimum atomic E-state index is -3.11. The van der Waals surface area contributed by atoms with Gasteiger partial charge in [0.2, 0.25) is 5.91 Å². The van der Waals surface area contributed by atoms with E-state index in [0.29, 0.717) is 5.56 Å². The monoisotopic (exact) mass is 324 g/mol. The van der Waals surface area contributed by atoms with Crippen LogP contribution in [0.15, 0.2) is 18.2 Å². The van der Waals surface area contributed by atoms with Crippen molar-refractivity contribution in [3.05, 3.63) is 34.9 Å². The second-order valence-corrected chi connectivity index (χ2v) is 5.95. The molecule has 1 aromatic carbocycles. The molecule has 1 aromatic rings. The molecule has 1 aliphatic rings. The first kappa shape index (κ1) is 17.5. The van der Waals surface area contributed by atoms with E-state index in [1.54, 1.807) is 6.07 Å². The molecule has 23 heavy (non-hydrogen) atoms. The van der Waals surface area contributed by atoms with Crippen molar-refractivity contribution in [2.75, 3.05) is 13.1 Å². The fourth-order valence-corrected chi connectivity index (χ4v) is 2.67. The molecule has 0 saturated heterocycles. The molecule has 126 valence electrons.